The highest BCUT2D eigenvalue weighted by Gasteiger charge is 2.37. The number of nitrogens with zero attached hydrogens (tertiary/aromatic N) is 2. The fourth-order valence-electron chi connectivity index (χ4n) is 3.32. The maximum Gasteiger partial charge on any atom is 0.317 e. The van der Waals surface area contributed by atoms with Crippen molar-refractivity contribution < 1.29 is 13.9 Å². The summed E-state index contributed by atoms with van der Waals surface area (Å²) in [6.45, 7) is 3.46. The van der Waals surface area contributed by atoms with Gasteiger partial charge in [-0.2, -0.15) is 0 Å². The number of urea groups is 1. The van der Waals surface area contributed by atoms with E-state index in [1.165, 1.54) is 0 Å². The first-order valence-electron chi connectivity index (χ1n) is 8.55. The number of oxazole rings is 1. The molecule has 2 aliphatic rings. The van der Waals surface area contributed by atoms with Crippen LogP contribution in [0, 0.1) is 6.92 Å². The number of ether oxygens (including phenoxy) is 1. The van der Waals surface area contributed by atoms with Gasteiger partial charge < -0.3 is 19.4 Å². The van der Waals surface area contributed by atoms with Gasteiger partial charge in [-0.05, 0) is 12.1 Å². The van der Waals surface area contributed by atoms with Crippen molar-refractivity contribution in [2.75, 3.05) is 13.1 Å². The lowest BCUT2D eigenvalue weighted by Crippen LogP contribution is -2.51. The van der Waals surface area contributed by atoms with Crippen molar-refractivity contribution in [3.05, 3.63) is 53.8 Å². The van der Waals surface area contributed by atoms with Crippen LogP contribution in [0.3, 0.4) is 0 Å². The maximum absolute atomic E-state index is 12.3. The van der Waals surface area contributed by atoms with Crippen molar-refractivity contribution in [3.8, 4) is 5.75 Å². The summed E-state index contributed by atoms with van der Waals surface area (Å²) < 4.78 is 11.6. The van der Waals surface area contributed by atoms with Crippen LogP contribution < -0.4 is 10.1 Å². The van der Waals surface area contributed by atoms with Crippen molar-refractivity contribution in [3.63, 3.8) is 0 Å². The van der Waals surface area contributed by atoms with Gasteiger partial charge in [-0.3, -0.25) is 0 Å². The summed E-state index contributed by atoms with van der Waals surface area (Å²) in [7, 11) is 0. The molecular formula is C19H21N3O3. The first-order valence-corrected chi connectivity index (χ1v) is 8.55. The number of benzene rings is 1. The molecule has 0 saturated carbocycles. The summed E-state index contributed by atoms with van der Waals surface area (Å²) in [5, 5.41) is 2.88. The van der Waals surface area contributed by atoms with Gasteiger partial charge in [0.1, 0.15) is 17.1 Å². The molecule has 25 heavy (non-hydrogen) atoms. The molecule has 1 fully saturated rings. The van der Waals surface area contributed by atoms with E-state index in [0.29, 0.717) is 31.3 Å². The van der Waals surface area contributed by atoms with E-state index in [1.54, 1.807) is 13.1 Å². The summed E-state index contributed by atoms with van der Waals surface area (Å²) in [5.74, 6) is 2.18. The third-order valence-corrected chi connectivity index (χ3v) is 4.78. The lowest BCUT2D eigenvalue weighted by Gasteiger charge is -2.41. The fraction of sp³-hybridized carbons (Fsp3) is 0.368. The first-order chi connectivity index (χ1) is 12.1. The van der Waals surface area contributed by atoms with Gasteiger partial charge in [0.25, 0.3) is 0 Å². The number of fused-ring (bicyclic) bond motifs is 1. The Bertz CT molecular complexity index is 804. The Kier molecular flexibility index (Phi) is 3.95. The second kappa shape index (κ2) is 6.27. The van der Waals surface area contributed by atoms with E-state index in [1.807, 2.05) is 29.2 Å². The number of aryl methyl sites for hydroxylation is 1. The number of aromatic nitrogens is 1. The second-order valence-electron chi connectivity index (χ2n) is 6.53. The molecule has 0 radical (unpaired) electrons. The van der Waals surface area contributed by atoms with E-state index >= 15 is 0 Å². The standard InChI is InChI=1S/C19H21N3O3/c1-14-20-12-16(24-14)13-21-18(23)22-10-8-19(9-11-22)7-6-15-4-2-3-5-17(15)25-19/h2-7,12H,8-11,13H2,1H3,(H,21,23). The summed E-state index contributed by atoms with van der Waals surface area (Å²) in [6, 6.07) is 7.96. The number of hydrogen-bond donors (Lipinski definition) is 1. The molecule has 1 aromatic heterocycles. The topological polar surface area (TPSA) is 67.6 Å². The van der Waals surface area contributed by atoms with Crippen LogP contribution >= 0.6 is 0 Å². The summed E-state index contributed by atoms with van der Waals surface area (Å²) in [4.78, 5) is 18.2. The predicted octanol–water partition coefficient (Wildman–Crippen LogP) is 3.13. The van der Waals surface area contributed by atoms with Crippen LogP contribution in [0.4, 0.5) is 4.79 Å². The number of hydrogen-bond acceptors (Lipinski definition) is 4. The molecular weight excluding hydrogens is 318 g/mol. The van der Waals surface area contributed by atoms with E-state index in [4.69, 9.17) is 9.15 Å². The highest BCUT2D eigenvalue weighted by atomic mass is 16.5. The van der Waals surface area contributed by atoms with E-state index in [-0.39, 0.29) is 11.6 Å². The lowest BCUT2D eigenvalue weighted by molar-refractivity contribution is 0.0496. The van der Waals surface area contributed by atoms with Crippen LogP contribution in [0.1, 0.15) is 30.1 Å². The van der Waals surface area contributed by atoms with Crippen molar-refractivity contribution in [1.82, 2.24) is 15.2 Å². The molecule has 1 N–H and O–H groups in total. The predicted molar refractivity (Wildman–Crippen MR) is 93.1 cm³/mol. The number of amides is 2. The summed E-state index contributed by atoms with van der Waals surface area (Å²) in [5.41, 5.74) is 0.809. The quantitative estimate of drug-likeness (QED) is 0.913. The molecule has 0 bridgehead atoms. The fourth-order valence-corrected chi connectivity index (χ4v) is 3.32. The first kappa shape index (κ1) is 15.7. The second-order valence-corrected chi connectivity index (χ2v) is 6.53. The monoisotopic (exact) mass is 339 g/mol. The van der Waals surface area contributed by atoms with E-state index in [2.05, 4.69) is 22.5 Å². The number of carbonyl (C=O) groups excluding carboxylic acids is 1. The Labute approximate surface area is 146 Å². The number of likely N-dealkylation sites (tertiary alicyclic amines) is 1. The molecule has 1 spiro atoms. The van der Waals surface area contributed by atoms with Gasteiger partial charge in [-0.1, -0.05) is 24.3 Å². The molecule has 4 rings (SSSR count). The van der Waals surface area contributed by atoms with Crippen LogP contribution in [-0.2, 0) is 6.54 Å². The average molecular weight is 339 g/mol. The largest absolute Gasteiger partial charge is 0.482 e. The molecule has 2 aromatic rings. The zero-order valence-corrected chi connectivity index (χ0v) is 14.2. The molecule has 6 heteroatoms. The third kappa shape index (κ3) is 3.24. The van der Waals surface area contributed by atoms with Crippen LogP contribution in [0.2, 0.25) is 0 Å². The van der Waals surface area contributed by atoms with Gasteiger partial charge in [0.15, 0.2) is 5.89 Å². The Hall–Kier alpha value is -2.76. The Morgan fingerprint density at radius 2 is 2.12 bits per heavy atom. The maximum atomic E-state index is 12.3. The van der Waals surface area contributed by atoms with Gasteiger partial charge in [0.2, 0.25) is 0 Å². The summed E-state index contributed by atoms with van der Waals surface area (Å²) in [6.07, 6.45) is 7.47. The number of piperidine rings is 1. The smallest absolute Gasteiger partial charge is 0.317 e. The number of nitrogens with one attached hydrogen (secondary N) is 1. The number of rotatable bonds is 2. The molecule has 2 amide bonds. The summed E-state index contributed by atoms with van der Waals surface area (Å²) >= 11 is 0. The van der Waals surface area contributed by atoms with Crippen LogP contribution in [0.5, 0.6) is 5.75 Å². The van der Waals surface area contributed by atoms with E-state index in [0.717, 1.165) is 24.2 Å². The molecule has 0 atom stereocenters. The highest BCUT2D eigenvalue weighted by molar-refractivity contribution is 5.74. The zero-order chi connectivity index (χ0) is 17.3. The van der Waals surface area contributed by atoms with Gasteiger partial charge in [-0.25, -0.2) is 9.78 Å². The highest BCUT2D eigenvalue weighted by Crippen LogP contribution is 2.36. The van der Waals surface area contributed by atoms with Crippen molar-refractivity contribution in [2.45, 2.75) is 31.9 Å². The molecule has 0 unspecified atom stereocenters. The molecule has 2 aliphatic heterocycles. The minimum Gasteiger partial charge on any atom is -0.482 e. The van der Waals surface area contributed by atoms with Crippen LogP contribution in [-0.4, -0.2) is 34.6 Å². The molecule has 1 saturated heterocycles. The Morgan fingerprint density at radius 1 is 1.32 bits per heavy atom. The number of para-hydroxylation sites is 1. The minimum atomic E-state index is -0.298. The normalized spacial score (nSPS) is 17.9. The van der Waals surface area contributed by atoms with Crippen LogP contribution in [0.25, 0.3) is 6.08 Å². The van der Waals surface area contributed by atoms with Gasteiger partial charge in [0, 0.05) is 38.4 Å². The molecule has 1 aromatic carbocycles. The average Bonchev–Trinajstić information content (AvgIpc) is 3.05. The SMILES string of the molecule is Cc1ncc(CNC(=O)N2CCC3(C=Cc4ccccc4O3)CC2)o1. The number of carbonyl (C=O) groups is 1. The third-order valence-electron chi connectivity index (χ3n) is 4.78. The van der Waals surface area contributed by atoms with Crippen molar-refractivity contribution in [1.29, 1.82) is 0 Å². The van der Waals surface area contributed by atoms with Crippen molar-refractivity contribution in [2.24, 2.45) is 0 Å². The van der Waals surface area contributed by atoms with Gasteiger partial charge in [-0.15, -0.1) is 0 Å². The Morgan fingerprint density at radius 3 is 2.88 bits per heavy atom. The zero-order valence-electron chi connectivity index (χ0n) is 14.2. The molecule has 3 heterocycles. The van der Waals surface area contributed by atoms with Gasteiger partial charge >= 0.3 is 6.03 Å². The Balaban J connectivity index is 1.33. The van der Waals surface area contributed by atoms with Crippen LogP contribution in [0.15, 0.2) is 41.0 Å². The minimum absolute atomic E-state index is 0.0795. The molecule has 0 aliphatic carbocycles. The molecule has 130 valence electrons. The van der Waals surface area contributed by atoms with Gasteiger partial charge in [0.05, 0.1) is 12.7 Å². The molecule has 6 nitrogen and oxygen atoms in total. The van der Waals surface area contributed by atoms with E-state index < -0.39 is 0 Å². The van der Waals surface area contributed by atoms with Crippen molar-refractivity contribution >= 4 is 12.1 Å². The lowest BCUT2D eigenvalue weighted by atomic mass is 9.88. The van der Waals surface area contributed by atoms with E-state index in [9.17, 15) is 4.79 Å².